The molecule has 0 aliphatic heterocycles. The Balaban J connectivity index is 1.60. The van der Waals surface area contributed by atoms with Crippen LogP contribution in [0.3, 0.4) is 0 Å². The third kappa shape index (κ3) is 9.09. The Morgan fingerprint density at radius 2 is 1.55 bits per heavy atom. The number of benzene rings is 3. The van der Waals surface area contributed by atoms with Crippen LogP contribution in [0.2, 0.25) is 0 Å². The Morgan fingerprint density at radius 1 is 0.947 bits per heavy atom. The molecule has 0 aliphatic rings. The van der Waals surface area contributed by atoms with E-state index in [0.717, 1.165) is 24.2 Å². The minimum Gasteiger partial charge on any atom is -0.494 e. The number of nitrogens with two attached hydrogens (primary N) is 1. The highest BCUT2D eigenvalue weighted by atomic mass is 31.2. The molecule has 202 valence electrons. The molecule has 11 heteroatoms. The standard InChI is InChI=1S/C27H32N3O7P/c1-27(28,20-37-38(33,34)35)25(31)30(23-13-6-3-7-14-23)26(32)29-22-15-17-24(18-16-22)36-19-9-8-12-21-10-4-2-5-11-21/h2-7,10-11,13-18H,8-9,12,19-20,28H2,1H3,(H,29,32)(H2,33,34,35). The first-order valence-electron chi connectivity index (χ1n) is 12.0. The van der Waals surface area contributed by atoms with Gasteiger partial charge >= 0.3 is 13.9 Å². The zero-order valence-corrected chi connectivity index (χ0v) is 21.9. The van der Waals surface area contributed by atoms with Gasteiger partial charge in [0.05, 0.1) is 18.9 Å². The normalized spacial score (nSPS) is 12.8. The maximum atomic E-state index is 13.2. The Bertz CT molecular complexity index is 1230. The lowest BCUT2D eigenvalue weighted by atomic mass is 10.0. The minimum absolute atomic E-state index is 0.221. The summed E-state index contributed by atoms with van der Waals surface area (Å²) in [4.78, 5) is 45.2. The molecule has 5 N–H and O–H groups in total. The van der Waals surface area contributed by atoms with Crippen LogP contribution in [0, 0.1) is 0 Å². The summed E-state index contributed by atoms with van der Waals surface area (Å²) in [5, 5.41) is 2.65. The van der Waals surface area contributed by atoms with Gasteiger partial charge in [-0.1, -0.05) is 48.5 Å². The number of aryl methyl sites for hydroxylation is 1. The number of urea groups is 1. The summed E-state index contributed by atoms with van der Waals surface area (Å²) in [5.74, 6) is -0.270. The van der Waals surface area contributed by atoms with Gasteiger partial charge in [-0.25, -0.2) is 14.3 Å². The Morgan fingerprint density at radius 3 is 2.16 bits per heavy atom. The highest BCUT2D eigenvalue weighted by Gasteiger charge is 2.39. The molecule has 3 amide bonds. The highest BCUT2D eigenvalue weighted by molar-refractivity contribution is 7.46. The second kappa shape index (κ2) is 13.3. The van der Waals surface area contributed by atoms with Crippen molar-refractivity contribution in [1.29, 1.82) is 0 Å². The van der Waals surface area contributed by atoms with Gasteiger partial charge in [0.2, 0.25) is 0 Å². The van der Waals surface area contributed by atoms with E-state index in [2.05, 4.69) is 22.0 Å². The number of hydrogen-bond donors (Lipinski definition) is 4. The van der Waals surface area contributed by atoms with Crippen LogP contribution in [0.1, 0.15) is 25.3 Å². The van der Waals surface area contributed by atoms with Crippen molar-refractivity contribution in [3.05, 3.63) is 90.5 Å². The van der Waals surface area contributed by atoms with Crippen molar-refractivity contribution in [3.8, 4) is 5.75 Å². The zero-order chi connectivity index (χ0) is 27.6. The molecular formula is C27H32N3O7P. The second-order valence-corrected chi connectivity index (χ2v) is 10.1. The largest absolute Gasteiger partial charge is 0.494 e. The molecule has 10 nitrogen and oxygen atoms in total. The van der Waals surface area contributed by atoms with E-state index in [1.54, 1.807) is 42.5 Å². The molecule has 0 fully saturated rings. The number of hydrogen-bond acceptors (Lipinski definition) is 6. The smallest absolute Gasteiger partial charge is 0.469 e. The maximum absolute atomic E-state index is 13.2. The summed E-state index contributed by atoms with van der Waals surface area (Å²) in [5.41, 5.74) is 6.01. The van der Waals surface area contributed by atoms with Gasteiger partial charge in [-0.3, -0.25) is 9.32 Å². The fourth-order valence-corrected chi connectivity index (χ4v) is 3.96. The van der Waals surface area contributed by atoms with Crippen molar-refractivity contribution < 1.29 is 33.2 Å². The lowest BCUT2D eigenvalue weighted by Gasteiger charge is -2.30. The molecule has 0 radical (unpaired) electrons. The van der Waals surface area contributed by atoms with Crippen molar-refractivity contribution in [2.24, 2.45) is 5.73 Å². The van der Waals surface area contributed by atoms with Gasteiger partial charge in [0.15, 0.2) is 0 Å². The molecule has 0 aromatic heterocycles. The van der Waals surface area contributed by atoms with Crippen molar-refractivity contribution in [1.82, 2.24) is 0 Å². The molecular weight excluding hydrogens is 509 g/mol. The predicted molar refractivity (Wildman–Crippen MR) is 145 cm³/mol. The number of para-hydroxylation sites is 1. The van der Waals surface area contributed by atoms with Crippen LogP contribution >= 0.6 is 7.82 Å². The van der Waals surface area contributed by atoms with E-state index in [1.165, 1.54) is 24.6 Å². The number of rotatable bonds is 12. The van der Waals surface area contributed by atoms with E-state index in [-0.39, 0.29) is 5.69 Å². The van der Waals surface area contributed by atoms with Gasteiger partial charge in [0.1, 0.15) is 11.3 Å². The fourth-order valence-electron chi connectivity index (χ4n) is 3.52. The monoisotopic (exact) mass is 541 g/mol. The van der Waals surface area contributed by atoms with Crippen molar-refractivity contribution in [2.75, 3.05) is 23.4 Å². The Hall–Kier alpha value is -3.53. The molecule has 0 aliphatic carbocycles. The molecule has 3 aromatic carbocycles. The summed E-state index contributed by atoms with van der Waals surface area (Å²) in [6.07, 6.45) is 2.88. The number of anilines is 2. The maximum Gasteiger partial charge on any atom is 0.469 e. The lowest BCUT2D eigenvalue weighted by molar-refractivity contribution is -0.123. The van der Waals surface area contributed by atoms with E-state index < -0.39 is 31.9 Å². The average Bonchev–Trinajstić information content (AvgIpc) is 2.89. The molecule has 0 saturated carbocycles. The average molecular weight is 542 g/mol. The molecule has 1 atom stereocenters. The number of ether oxygens (including phenoxy) is 1. The fraction of sp³-hybridized carbons (Fsp3) is 0.259. The van der Waals surface area contributed by atoms with E-state index in [9.17, 15) is 14.2 Å². The van der Waals surface area contributed by atoms with Crippen LogP contribution in [-0.2, 0) is 20.3 Å². The lowest BCUT2D eigenvalue weighted by Crippen LogP contribution is -2.58. The minimum atomic E-state index is -4.88. The molecule has 3 rings (SSSR count). The van der Waals surface area contributed by atoms with Gasteiger partial charge in [-0.2, -0.15) is 0 Å². The molecule has 3 aromatic rings. The number of amides is 3. The van der Waals surface area contributed by atoms with Crippen LogP contribution in [0.25, 0.3) is 0 Å². The highest BCUT2D eigenvalue weighted by Crippen LogP contribution is 2.36. The molecule has 0 saturated heterocycles. The number of phosphoric ester groups is 1. The van der Waals surface area contributed by atoms with Gasteiger partial charge in [0.25, 0.3) is 5.91 Å². The number of carbonyl (C=O) groups excluding carboxylic acids is 2. The van der Waals surface area contributed by atoms with E-state index in [4.69, 9.17) is 20.3 Å². The van der Waals surface area contributed by atoms with E-state index >= 15 is 0 Å². The van der Waals surface area contributed by atoms with E-state index in [0.29, 0.717) is 18.0 Å². The molecule has 1 unspecified atom stereocenters. The van der Waals surface area contributed by atoms with Crippen LogP contribution < -0.4 is 20.7 Å². The van der Waals surface area contributed by atoms with Crippen molar-refractivity contribution in [3.63, 3.8) is 0 Å². The predicted octanol–water partition coefficient (Wildman–Crippen LogP) is 4.48. The van der Waals surface area contributed by atoms with Gasteiger partial charge < -0.3 is 25.6 Å². The number of nitrogens with zero attached hydrogens (tertiary/aromatic N) is 1. The zero-order valence-electron chi connectivity index (χ0n) is 21.0. The molecule has 38 heavy (non-hydrogen) atoms. The van der Waals surface area contributed by atoms with Crippen molar-refractivity contribution >= 4 is 31.1 Å². The van der Waals surface area contributed by atoms with Crippen LogP contribution in [0.5, 0.6) is 5.75 Å². The number of nitrogens with one attached hydrogen (secondary N) is 1. The first-order chi connectivity index (χ1) is 18.0. The number of imide groups is 1. The summed E-state index contributed by atoms with van der Waals surface area (Å²) < 4.78 is 21.3. The SMILES string of the molecule is CC(N)(COP(=O)(O)O)C(=O)N(C(=O)Nc1ccc(OCCCCc2ccccc2)cc1)c1ccccc1. The summed E-state index contributed by atoms with van der Waals surface area (Å²) >= 11 is 0. The van der Waals surface area contributed by atoms with E-state index in [1.807, 2.05) is 18.2 Å². The topological polar surface area (TPSA) is 151 Å². The van der Waals surface area contributed by atoms with Crippen LogP contribution in [-0.4, -0.2) is 40.5 Å². The number of unbranched alkanes of at least 4 members (excludes halogenated alkanes) is 1. The van der Waals surface area contributed by atoms with Gasteiger partial charge in [-0.15, -0.1) is 0 Å². The summed E-state index contributed by atoms with van der Waals surface area (Å²) in [7, 11) is -4.88. The van der Waals surface area contributed by atoms with Gasteiger partial charge in [0, 0.05) is 5.69 Å². The second-order valence-electron chi connectivity index (χ2n) is 8.90. The van der Waals surface area contributed by atoms with Gasteiger partial charge in [-0.05, 0) is 68.1 Å². The molecule has 0 heterocycles. The Kier molecular flexibility index (Phi) is 10.2. The summed E-state index contributed by atoms with van der Waals surface area (Å²) in [6, 6.07) is 24.2. The Labute approximate surface area is 221 Å². The van der Waals surface area contributed by atoms with Crippen LogP contribution in [0.4, 0.5) is 16.2 Å². The quantitative estimate of drug-likeness (QED) is 0.194. The van der Waals surface area contributed by atoms with Crippen molar-refractivity contribution in [2.45, 2.75) is 31.7 Å². The third-order valence-corrected chi connectivity index (χ3v) is 5.98. The number of phosphoric acid groups is 1. The molecule has 0 bridgehead atoms. The summed E-state index contributed by atoms with van der Waals surface area (Å²) in [6.45, 7) is 0.977. The third-order valence-electron chi connectivity index (χ3n) is 5.52. The van der Waals surface area contributed by atoms with Crippen LogP contribution in [0.15, 0.2) is 84.9 Å². The number of carbonyl (C=O) groups is 2. The first kappa shape index (κ1) is 29.0. The molecule has 0 spiro atoms. The first-order valence-corrected chi connectivity index (χ1v) is 13.5.